The van der Waals surface area contributed by atoms with Crippen molar-refractivity contribution in [3.8, 4) is 0 Å². The third-order valence-corrected chi connectivity index (χ3v) is 4.90. The van der Waals surface area contributed by atoms with E-state index in [1.165, 1.54) is 11.3 Å². The van der Waals surface area contributed by atoms with Crippen LogP contribution in [0.4, 0.5) is 4.79 Å². The second-order valence-electron chi connectivity index (χ2n) is 7.15. The number of nitrogens with one attached hydrogen (secondary N) is 1. The number of ether oxygens (including phenoxy) is 1. The first-order valence-electron chi connectivity index (χ1n) is 9.04. The average Bonchev–Trinajstić information content (AvgIpc) is 2.86. The van der Waals surface area contributed by atoms with Gasteiger partial charge in [-0.05, 0) is 72.5 Å². The van der Waals surface area contributed by atoms with E-state index in [9.17, 15) is 4.79 Å². The maximum absolute atomic E-state index is 11.9. The molecule has 1 aliphatic heterocycles. The highest BCUT2D eigenvalue weighted by molar-refractivity contribution is 5.67. The van der Waals surface area contributed by atoms with Gasteiger partial charge < -0.3 is 14.5 Å². The highest BCUT2D eigenvalue weighted by Gasteiger charge is 2.26. The van der Waals surface area contributed by atoms with Crippen LogP contribution < -0.4 is 0 Å². The summed E-state index contributed by atoms with van der Waals surface area (Å²) in [5.74, 6) is 0. The molecule has 2 heterocycles. The lowest BCUT2D eigenvalue weighted by atomic mass is 10.0. The van der Waals surface area contributed by atoms with E-state index < -0.39 is 0 Å². The van der Waals surface area contributed by atoms with Crippen LogP contribution in [0.5, 0.6) is 0 Å². The molecule has 2 rings (SSSR count). The first-order chi connectivity index (χ1) is 11.4. The standard InChI is InChI=1S/C18H32N4O2/c1-13(2)24-18(23)22-11-8-16(9-12-22)21(5)10-6-7-17-14(3)19-20-15(17)4/h13,16H,6-12H2,1-5H3,(H,19,20). The SMILES string of the molecule is Cc1n[nH]c(C)c1CCCN(C)C1CCN(C(=O)OC(C)C)CC1. The zero-order valence-corrected chi connectivity index (χ0v) is 15.8. The fourth-order valence-electron chi connectivity index (χ4n) is 3.40. The summed E-state index contributed by atoms with van der Waals surface area (Å²) in [5, 5.41) is 7.32. The summed E-state index contributed by atoms with van der Waals surface area (Å²) in [6.07, 6.45) is 4.02. The molecule has 0 radical (unpaired) electrons. The Morgan fingerprint density at radius 2 is 2.04 bits per heavy atom. The van der Waals surface area contributed by atoms with Crippen LogP contribution in [0, 0.1) is 13.8 Å². The van der Waals surface area contributed by atoms with E-state index >= 15 is 0 Å². The molecule has 136 valence electrons. The maximum atomic E-state index is 11.9. The molecule has 1 N–H and O–H groups in total. The molecular formula is C18H32N4O2. The maximum Gasteiger partial charge on any atom is 0.410 e. The van der Waals surface area contributed by atoms with E-state index in [0.717, 1.165) is 51.0 Å². The minimum atomic E-state index is -0.169. The molecule has 1 amide bonds. The molecule has 0 atom stereocenters. The van der Waals surface area contributed by atoms with Gasteiger partial charge in [-0.15, -0.1) is 0 Å². The number of nitrogens with zero attached hydrogens (tertiary/aromatic N) is 3. The second-order valence-corrected chi connectivity index (χ2v) is 7.15. The van der Waals surface area contributed by atoms with Gasteiger partial charge in [0.15, 0.2) is 0 Å². The Morgan fingerprint density at radius 3 is 2.58 bits per heavy atom. The largest absolute Gasteiger partial charge is 0.447 e. The summed E-state index contributed by atoms with van der Waals surface area (Å²) in [5.41, 5.74) is 3.66. The van der Waals surface area contributed by atoms with Crippen molar-refractivity contribution in [1.82, 2.24) is 20.0 Å². The molecule has 0 aliphatic carbocycles. The summed E-state index contributed by atoms with van der Waals surface area (Å²) in [4.78, 5) is 16.2. The molecule has 6 nitrogen and oxygen atoms in total. The normalized spacial score (nSPS) is 16.2. The predicted octanol–water partition coefficient (Wildman–Crippen LogP) is 2.90. The van der Waals surface area contributed by atoms with Crippen LogP contribution in [0.1, 0.15) is 50.1 Å². The number of aromatic amines is 1. The van der Waals surface area contributed by atoms with Crippen molar-refractivity contribution in [2.24, 2.45) is 0 Å². The van der Waals surface area contributed by atoms with Crippen LogP contribution in [-0.4, -0.2) is 64.9 Å². The van der Waals surface area contributed by atoms with E-state index in [1.54, 1.807) is 0 Å². The van der Waals surface area contributed by atoms with Crippen LogP contribution in [0.25, 0.3) is 0 Å². The van der Waals surface area contributed by atoms with Gasteiger partial charge in [-0.2, -0.15) is 5.10 Å². The van der Waals surface area contributed by atoms with Gasteiger partial charge in [0.25, 0.3) is 0 Å². The highest BCUT2D eigenvalue weighted by Crippen LogP contribution is 2.18. The van der Waals surface area contributed by atoms with Crippen LogP contribution in [0.3, 0.4) is 0 Å². The Kier molecular flexibility index (Phi) is 6.66. The molecule has 0 saturated carbocycles. The lowest BCUT2D eigenvalue weighted by molar-refractivity contribution is 0.0585. The van der Waals surface area contributed by atoms with E-state index in [2.05, 4.69) is 36.0 Å². The number of likely N-dealkylation sites (tertiary alicyclic amines) is 1. The number of piperidine rings is 1. The van der Waals surface area contributed by atoms with Crippen molar-refractivity contribution < 1.29 is 9.53 Å². The van der Waals surface area contributed by atoms with Crippen molar-refractivity contribution in [2.45, 2.75) is 65.5 Å². The third-order valence-electron chi connectivity index (χ3n) is 4.90. The molecule has 1 aliphatic rings. The Hall–Kier alpha value is -1.56. The molecule has 1 fully saturated rings. The second kappa shape index (κ2) is 8.51. The highest BCUT2D eigenvalue weighted by atomic mass is 16.6. The monoisotopic (exact) mass is 336 g/mol. The Morgan fingerprint density at radius 1 is 1.38 bits per heavy atom. The van der Waals surface area contributed by atoms with Gasteiger partial charge in [-0.25, -0.2) is 4.79 Å². The fourth-order valence-corrected chi connectivity index (χ4v) is 3.40. The third kappa shape index (κ3) is 4.97. The van der Waals surface area contributed by atoms with Crippen molar-refractivity contribution in [3.63, 3.8) is 0 Å². The predicted molar refractivity (Wildman–Crippen MR) is 95.2 cm³/mol. The number of H-pyrrole nitrogens is 1. The molecule has 0 unspecified atom stereocenters. The van der Waals surface area contributed by atoms with Gasteiger partial charge in [0, 0.05) is 24.8 Å². The van der Waals surface area contributed by atoms with Gasteiger partial charge in [-0.1, -0.05) is 0 Å². The lowest BCUT2D eigenvalue weighted by Crippen LogP contribution is -2.46. The van der Waals surface area contributed by atoms with Crippen LogP contribution in [-0.2, 0) is 11.2 Å². The van der Waals surface area contributed by atoms with Crippen molar-refractivity contribution >= 4 is 6.09 Å². The Labute approximate surface area is 145 Å². The van der Waals surface area contributed by atoms with Crippen LogP contribution in [0.2, 0.25) is 0 Å². The quantitative estimate of drug-likeness (QED) is 0.868. The number of hydrogen-bond acceptors (Lipinski definition) is 4. The van der Waals surface area contributed by atoms with E-state index in [4.69, 9.17) is 4.74 Å². The minimum absolute atomic E-state index is 0.0484. The van der Waals surface area contributed by atoms with E-state index in [-0.39, 0.29) is 12.2 Å². The number of carbonyl (C=O) groups is 1. The number of aryl methyl sites for hydroxylation is 2. The molecule has 1 aromatic rings. The van der Waals surface area contributed by atoms with Crippen LogP contribution in [0.15, 0.2) is 0 Å². The summed E-state index contributed by atoms with van der Waals surface area (Å²) in [6, 6.07) is 0.555. The van der Waals surface area contributed by atoms with Gasteiger partial charge in [0.05, 0.1) is 11.8 Å². The zero-order valence-electron chi connectivity index (χ0n) is 15.8. The number of aromatic nitrogens is 2. The zero-order chi connectivity index (χ0) is 17.7. The minimum Gasteiger partial charge on any atom is -0.447 e. The number of rotatable bonds is 6. The van der Waals surface area contributed by atoms with Gasteiger partial charge in [-0.3, -0.25) is 5.10 Å². The van der Waals surface area contributed by atoms with Crippen molar-refractivity contribution in [2.75, 3.05) is 26.7 Å². The Balaban J connectivity index is 1.71. The molecule has 0 bridgehead atoms. The summed E-state index contributed by atoms with van der Waals surface area (Å²) in [7, 11) is 2.20. The van der Waals surface area contributed by atoms with Gasteiger partial charge in [0.1, 0.15) is 0 Å². The van der Waals surface area contributed by atoms with Crippen molar-refractivity contribution in [3.05, 3.63) is 17.0 Å². The smallest absolute Gasteiger partial charge is 0.410 e. The van der Waals surface area contributed by atoms with Crippen molar-refractivity contribution in [1.29, 1.82) is 0 Å². The average molecular weight is 336 g/mol. The fraction of sp³-hybridized carbons (Fsp3) is 0.778. The lowest BCUT2D eigenvalue weighted by Gasteiger charge is -2.36. The molecule has 24 heavy (non-hydrogen) atoms. The van der Waals surface area contributed by atoms with E-state index in [0.29, 0.717) is 6.04 Å². The summed E-state index contributed by atoms with van der Waals surface area (Å²) < 4.78 is 5.28. The molecule has 6 heteroatoms. The molecule has 0 spiro atoms. The molecular weight excluding hydrogens is 304 g/mol. The molecule has 1 saturated heterocycles. The first-order valence-corrected chi connectivity index (χ1v) is 9.04. The van der Waals surface area contributed by atoms with E-state index in [1.807, 2.05) is 18.7 Å². The summed E-state index contributed by atoms with van der Waals surface area (Å²) in [6.45, 7) is 10.6. The number of carbonyl (C=O) groups excluding carboxylic acids is 1. The Bertz CT molecular complexity index is 514. The number of amides is 1. The first kappa shape index (κ1) is 18.8. The van der Waals surface area contributed by atoms with Crippen LogP contribution >= 0.6 is 0 Å². The summed E-state index contributed by atoms with van der Waals surface area (Å²) >= 11 is 0. The molecule has 0 aromatic carbocycles. The van der Waals surface area contributed by atoms with Gasteiger partial charge >= 0.3 is 6.09 Å². The van der Waals surface area contributed by atoms with Gasteiger partial charge in [0.2, 0.25) is 0 Å². The number of hydrogen-bond donors (Lipinski definition) is 1. The molecule has 1 aromatic heterocycles. The topological polar surface area (TPSA) is 61.5 Å².